The summed E-state index contributed by atoms with van der Waals surface area (Å²) in [6.45, 7) is 3.91. The molecule has 34 heavy (non-hydrogen) atoms. The number of pyridine rings is 2. The number of fused-ring (bicyclic) bond motifs is 1. The maximum Gasteiger partial charge on any atom is 0.261 e. The summed E-state index contributed by atoms with van der Waals surface area (Å²) < 4.78 is 22.1. The van der Waals surface area contributed by atoms with E-state index in [0.717, 1.165) is 0 Å². The number of hydrogen-bond donors (Lipinski definition) is 3. The summed E-state index contributed by atoms with van der Waals surface area (Å²) in [5, 5.41) is 15.6. The Morgan fingerprint density at radius 1 is 1.32 bits per heavy atom. The molecule has 0 aliphatic carbocycles. The predicted molar refractivity (Wildman–Crippen MR) is 127 cm³/mol. The first kappa shape index (κ1) is 23.7. The average Bonchev–Trinajstić information content (AvgIpc) is 2.81. The van der Waals surface area contributed by atoms with Crippen molar-refractivity contribution in [2.24, 2.45) is 0 Å². The van der Waals surface area contributed by atoms with Gasteiger partial charge in [0.05, 0.1) is 29.0 Å². The Balaban J connectivity index is 1.82. The van der Waals surface area contributed by atoms with Crippen molar-refractivity contribution in [3.05, 3.63) is 69.5 Å². The van der Waals surface area contributed by atoms with Crippen LogP contribution in [0.1, 0.15) is 30.6 Å². The van der Waals surface area contributed by atoms with Crippen LogP contribution >= 0.6 is 11.6 Å². The van der Waals surface area contributed by atoms with Crippen LogP contribution < -0.4 is 20.9 Å². The summed E-state index contributed by atoms with van der Waals surface area (Å²) >= 11 is 6.07. The molecule has 0 saturated carbocycles. The third-order valence-corrected chi connectivity index (χ3v) is 5.66. The number of aromatic nitrogens is 2. The first-order valence-electron chi connectivity index (χ1n) is 10.8. The van der Waals surface area contributed by atoms with Gasteiger partial charge < -0.3 is 20.5 Å². The van der Waals surface area contributed by atoms with Gasteiger partial charge in [0.2, 0.25) is 5.88 Å². The standard InChI is InChI=1S/C24H24ClFN4O4/c1-13(31)11-28-22(32)18-12-27-7-5-20(18)29-21-10-17(16-9-15(25)3-4-19(16)26)23(33)30-8-6-14(2)34-24(21)30/h3-5,7,9-10,12-14,31H,6,8,11H2,1-2H3,(H,27,29)(H,28,32). The second-order valence-electron chi connectivity index (χ2n) is 8.18. The number of benzene rings is 1. The van der Waals surface area contributed by atoms with Gasteiger partial charge in [-0.2, -0.15) is 0 Å². The van der Waals surface area contributed by atoms with Gasteiger partial charge in [0, 0.05) is 42.5 Å². The fourth-order valence-corrected chi connectivity index (χ4v) is 3.87. The van der Waals surface area contributed by atoms with Crippen molar-refractivity contribution < 1.29 is 19.0 Å². The number of aliphatic hydroxyl groups excluding tert-OH is 1. The molecule has 1 aliphatic rings. The van der Waals surface area contributed by atoms with E-state index >= 15 is 0 Å². The molecule has 2 unspecified atom stereocenters. The maximum atomic E-state index is 14.7. The summed E-state index contributed by atoms with van der Waals surface area (Å²) in [7, 11) is 0. The first-order valence-corrected chi connectivity index (χ1v) is 11.2. The highest BCUT2D eigenvalue weighted by molar-refractivity contribution is 6.30. The minimum Gasteiger partial charge on any atom is -0.474 e. The second kappa shape index (κ2) is 9.82. The molecule has 1 aliphatic heterocycles. The number of halogens is 2. The van der Waals surface area contributed by atoms with E-state index in [9.17, 15) is 19.1 Å². The van der Waals surface area contributed by atoms with E-state index < -0.39 is 23.4 Å². The normalized spacial score (nSPS) is 15.7. The lowest BCUT2D eigenvalue weighted by atomic mass is 10.0. The van der Waals surface area contributed by atoms with Gasteiger partial charge in [-0.15, -0.1) is 0 Å². The number of carbonyl (C=O) groups excluding carboxylic acids is 1. The fraction of sp³-hybridized carbons (Fsp3) is 0.292. The van der Waals surface area contributed by atoms with Crippen LogP contribution in [0, 0.1) is 5.82 Å². The van der Waals surface area contributed by atoms with Crippen LogP contribution in [0.25, 0.3) is 11.1 Å². The first-order chi connectivity index (χ1) is 16.2. The predicted octanol–water partition coefficient (Wildman–Crippen LogP) is 3.73. The number of nitrogens with one attached hydrogen (secondary N) is 2. The highest BCUT2D eigenvalue weighted by atomic mass is 35.5. The van der Waals surface area contributed by atoms with E-state index in [1.165, 1.54) is 41.2 Å². The molecule has 0 fully saturated rings. The minimum atomic E-state index is -0.713. The van der Waals surface area contributed by atoms with Crippen molar-refractivity contribution in [2.75, 3.05) is 11.9 Å². The van der Waals surface area contributed by atoms with Crippen LogP contribution in [0.15, 0.2) is 47.5 Å². The molecule has 8 nitrogen and oxygen atoms in total. The molecule has 1 amide bonds. The molecule has 0 bridgehead atoms. The van der Waals surface area contributed by atoms with Gasteiger partial charge in [-0.25, -0.2) is 4.39 Å². The van der Waals surface area contributed by atoms with Gasteiger partial charge in [0.25, 0.3) is 11.5 Å². The molecule has 4 rings (SSSR count). The van der Waals surface area contributed by atoms with E-state index in [1.807, 2.05) is 6.92 Å². The summed E-state index contributed by atoms with van der Waals surface area (Å²) in [5.74, 6) is -0.726. The number of rotatable bonds is 6. The Kier molecular flexibility index (Phi) is 6.85. The van der Waals surface area contributed by atoms with Gasteiger partial charge in [0.15, 0.2) is 0 Å². The van der Waals surface area contributed by atoms with Gasteiger partial charge in [0.1, 0.15) is 11.5 Å². The molecule has 1 aromatic carbocycles. The highest BCUT2D eigenvalue weighted by Crippen LogP contribution is 2.35. The summed E-state index contributed by atoms with van der Waals surface area (Å²) in [5.41, 5.74) is 0.790. The fourth-order valence-electron chi connectivity index (χ4n) is 3.69. The zero-order valence-electron chi connectivity index (χ0n) is 18.6. The van der Waals surface area contributed by atoms with Crippen molar-refractivity contribution in [3.8, 4) is 17.0 Å². The van der Waals surface area contributed by atoms with Crippen LogP contribution in [0.4, 0.5) is 15.8 Å². The Labute approximate surface area is 200 Å². The van der Waals surface area contributed by atoms with Crippen molar-refractivity contribution >= 4 is 28.9 Å². The maximum absolute atomic E-state index is 14.7. The monoisotopic (exact) mass is 486 g/mol. The Hall–Kier alpha value is -3.43. The lowest BCUT2D eigenvalue weighted by Gasteiger charge is -2.28. The van der Waals surface area contributed by atoms with Crippen LogP contribution in [-0.4, -0.2) is 39.3 Å². The average molecular weight is 487 g/mol. The molecule has 0 spiro atoms. The SMILES string of the molecule is CC(O)CNC(=O)c1cnccc1Nc1cc(-c2cc(Cl)ccc2F)c(=O)n2c1OC(C)CC2. The molecule has 3 aromatic rings. The topological polar surface area (TPSA) is 105 Å². The quantitative estimate of drug-likeness (QED) is 0.490. The van der Waals surface area contributed by atoms with Crippen LogP contribution in [0.2, 0.25) is 5.02 Å². The van der Waals surface area contributed by atoms with Crippen LogP contribution in [0.5, 0.6) is 5.88 Å². The number of hydrogen-bond acceptors (Lipinski definition) is 6. The molecular weight excluding hydrogens is 463 g/mol. The number of ether oxygens (including phenoxy) is 1. The second-order valence-corrected chi connectivity index (χ2v) is 8.62. The molecule has 2 aromatic heterocycles. The molecular formula is C24H24ClFN4O4. The van der Waals surface area contributed by atoms with E-state index in [0.29, 0.717) is 35.2 Å². The van der Waals surface area contributed by atoms with Crippen molar-refractivity contribution in [1.82, 2.24) is 14.9 Å². The largest absolute Gasteiger partial charge is 0.474 e. The summed E-state index contributed by atoms with van der Waals surface area (Å²) in [4.78, 5) is 30.0. The Morgan fingerprint density at radius 3 is 2.88 bits per heavy atom. The Bertz CT molecular complexity index is 1290. The van der Waals surface area contributed by atoms with Gasteiger partial charge >= 0.3 is 0 Å². The summed E-state index contributed by atoms with van der Waals surface area (Å²) in [6.07, 6.45) is 2.66. The lowest BCUT2D eigenvalue weighted by molar-refractivity contribution is 0.0924. The number of aliphatic hydroxyl groups is 1. The number of carbonyl (C=O) groups is 1. The third kappa shape index (κ3) is 4.90. The zero-order valence-corrected chi connectivity index (χ0v) is 19.4. The van der Waals surface area contributed by atoms with Crippen LogP contribution in [-0.2, 0) is 6.54 Å². The molecule has 3 heterocycles. The highest BCUT2D eigenvalue weighted by Gasteiger charge is 2.25. The van der Waals surface area contributed by atoms with E-state index in [2.05, 4.69) is 15.6 Å². The summed E-state index contributed by atoms with van der Waals surface area (Å²) in [6, 6.07) is 7.12. The molecule has 178 valence electrons. The van der Waals surface area contributed by atoms with Crippen LogP contribution in [0.3, 0.4) is 0 Å². The number of nitrogens with zero attached hydrogens (tertiary/aromatic N) is 2. The smallest absolute Gasteiger partial charge is 0.261 e. The van der Waals surface area contributed by atoms with Crippen molar-refractivity contribution in [3.63, 3.8) is 0 Å². The minimum absolute atomic E-state index is 0.0686. The van der Waals surface area contributed by atoms with E-state index in [4.69, 9.17) is 16.3 Å². The zero-order chi connectivity index (χ0) is 24.4. The van der Waals surface area contributed by atoms with E-state index in [1.54, 1.807) is 13.0 Å². The lowest BCUT2D eigenvalue weighted by Crippen LogP contribution is -2.33. The molecule has 0 saturated heterocycles. The van der Waals surface area contributed by atoms with Gasteiger partial charge in [-0.05, 0) is 44.2 Å². The number of amides is 1. The van der Waals surface area contributed by atoms with E-state index in [-0.39, 0.29) is 29.3 Å². The third-order valence-electron chi connectivity index (χ3n) is 5.42. The molecule has 3 N–H and O–H groups in total. The van der Waals surface area contributed by atoms with Crippen molar-refractivity contribution in [1.29, 1.82) is 0 Å². The van der Waals surface area contributed by atoms with Crippen molar-refractivity contribution in [2.45, 2.75) is 39.0 Å². The molecule has 0 radical (unpaired) electrons. The Morgan fingerprint density at radius 2 is 2.12 bits per heavy atom. The molecule has 2 atom stereocenters. The van der Waals surface area contributed by atoms with Gasteiger partial charge in [-0.1, -0.05) is 11.6 Å². The molecule has 10 heteroatoms. The number of anilines is 2. The van der Waals surface area contributed by atoms with Gasteiger partial charge in [-0.3, -0.25) is 19.1 Å².